The van der Waals surface area contributed by atoms with Crippen LogP contribution in [0.4, 0.5) is 0 Å². The molecule has 0 aliphatic rings. The van der Waals surface area contributed by atoms with Crippen molar-refractivity contribution >= 4 is 0 Å². The van der Waals surface area contributed by atoms with Gasteiger partial charge in [-0.05, 0) is 6.92 Å². The van der Waals surface area contributed by atoms with Gasteiger partial charge in [0.15, 0.2) is 0 Å². The molecule has 0 bridgehead atoms. The third-order valence-corrected chi connectivity index (χ3v) is 0.880. The Morgan fingerprint density at radius 3 is 2.80 bits per heavy atom. The molecule has 60 valence electrons. The van der Waals surface area contributed by atoms with Crippen LogP contribution in [0.5, 0.6) is 0 Å². The van der Waals surface area contributed by atoms with Gasteiger partial charge in [0.05, 0.1) is 6.61 Å². The van der Waals surface area contributed by atoms with Crippen molar-refractivity contribution in [2.24, 2.45) is 5.90 Å². The highest BCUT2D eigenvalue weighted by molar-refractivity contribution is 4.66. The standard InChI is InChI=1S/C6H13NO3/c1-3-9-6(4-8-2)5-10-7/h4,6H,1,3,5,7H2,2H3. The number of methoxy groups -OCH3 is 1. The fourth-order valence-electron chi connectivity index (χ4n) is 0.525. The van der Waals surface area contributed by atoms with E-state index in [0.29, 0.717) is 6.61 Å². The van der Waals surface area contributed by atoms with Gasteiger partial charge in [-0.1, -0.05) is 0 Å². The molecule has 0 aliphatic heterocycles. The molecule has 10 heavy (non-hydrogen) atoms. The predicted octanol–water partition coefficient (Wildman–Crippen LogP) is -0.0958. The first-order valence-corrected chi connectivity index (χ1v) is 2.93. The second-order valence-electron chi connectivity index (χ2n) is 1.61. The number of nitrogens with two attached hydrogens (primary N) is 1. The first-order valence-electron chi connectivity index (χ1n) is 2.93. The third-order valence-electron chi connectivity index (χ3n) is 0.880. The molecule has 2 radical (unpaired) electrons. The average Bonchev–Trinajstić information content (AvgIpc) is 1.90. The van der Waals surface area contributed by atoms with Gasteiger partial charge in [0.25, 0.3) is 0 Å². The summed E-state index contributed by atoms with van der Waals surface area (Å²) in [6.07, 6.45) is -0.229. The average molecular weight is 147 g/mol. The van der Waals surface area contributed by atoms with E-state index >= 15 is 0 Å². The first-order chi connectivity index (χ1) is 4.85. The molecular weight excluding hydrogens is 134 g/mol. The zero-order valence-corrected chi connectivity index (χ0v) is 6.08. The van der Waals surface area contributed by atoms with Gasteiger partial charge in [-0.15, -0.1) is 0 Å². The lowest BCUT2D eigenvalue weighted by molar-refractivity contribution is -0.0169. The Labute approximate surface area is 61.2 Å². The minimum absolute atomic E-state index is 0.229. The normalized spacial score (nSPS) is 13.5. The Kier molecular flexibility index (Phi) is 6.84. The van der Waals surface area contributed by atoms with E-state index < -0.39 is 0 Å². The summed E-state index contributed by atoms with van der Waals surface area (Å²) in [5.41, 5.74) is 0. The Morgan fingerprint density at radius 1 is 1.70 bits per heavy atom. The lowest BCUT2D eigenvalue weighted by Gasteiger charge is -2.12. The molecular formula is C6H13NO3. The van der Waals surface area contributed by atoms with Crippen molar-refractivity contribution < 1.29 is 14.3 Å². The van der Waals surface area contributed by atoms with E-state index in [4.69, 9.17) is 15.4 Å². The highest BCUT2D eigenvalue weighted by Crippen LogP contribution is 1.96. The van der Waals surface area contributed by atoms with Crippen molar-refractivity contribution in [3.05, 3.63) is 13.5 Å². The summed E-state index contributed by atoms with van der Waals surface area (Å²) in [4.78, 5) is 4.35. The molecule has 0 aromatic rings. The lowest BCUT2D eigenvalue weighted by atomic mass is 10.4. The molecule has 0 rings (SSSR count). The number of rotatable bonds is 6. The van der Waals surface area contributed by atoms with Crippen molar-refractivity contribution in [3.8, 4) is 0 Å². The van der Waals surface area contributed by atoms with Crippen LogP contribution in [0.2, 0.25) is 0 Å². The fourth-order valence-corrected chi connectivity index (χ4v) is 0.525. The molecule has 0 amide bonds. The van der Waals surface area contributed by atoms with Crippen molar-refractivity contribution in [2.45, 2.75) is 6.10 Å². The minimum atomic E-state index is -0.229. The van der Waals surface area contributed by atoms with Crippen LogP contribution in [0.3, 0.4) is 0 Å². The van der Waals surface area contributed by atoms with Gasteiger partial charge in [0, 0.05) is 13.7 Å². The molecule has 0 aliphatic carbocycles. The van der Waals surface area contributed by atoms with E-state index in [1.54, 1.807) is 0 Å². The maximum Gasteiger partial charge on any atom is 0.114 e. The molecule has 0 heterocycles. The highest BCUT2D eigenvalue weighted by atomic mass is 16.6. The molecule has 0 spiro atoms. The molecule has 0 aromatic heterocycles. The van der Waals surface area contributed by atoms with E-state index in [9.17, 15) is 0 Å². The van der Waals surface area contributed by atoms with Crippen molar-refractivity contribution in [1.29, 1.82) is 0 Å². The van der Waals surface area contributed by atoms with Crippen LogP contribution >= 0.6 is 0 Å². The monoisotopic (exact) mass is 147 g/mol. The minimum Gasteiger partial charge on any atom is -0.376 e. The number of ether oxygens (including phenoxy) is 2. The molecule has 1 atom stereocenters. The molecule has 4 nitrogen and oxygen atoms in total. The van der Waals surface area contributed by atoms with Gasteiger partial charge in [-0.3, -0.25) is 0 Å². The van der Waals surface area contributed by atoms with Crippen LogP contribution < -0.4 is 5.90 Å². The molecule has 0 saturated heterocycles. The Hall–Kier alpha value is -0.160. The third kappa shape index (κ3) is 4.69. The summed E-state index contributed by atoms with van der Waals surface area (Å²) in [6, 6.07) is 0. The molecule has 0 aromatic carbocycles. The van der Waals surface area contributed by atoms with E-state index in [-0.39, 0.29) is 12.7 Å². The Morgan fingerprint density at radius 2 is 2.40 bits per heavy atom. The van der Waals surface area contributed by atoms with Gasteiger partial charge in [-0.25, -0.2) is 5.90 Å². The van der Waals surface area contributed by atoms with Gasteiger partial charge in [0.2, 0.25) is 0 Å². The second kappa shape index (κ2) is 6.95. The second-order valence-corrected chi connectivity index (χ2v) is 1.61. The van der Waals surface area contributed by atoms with Gasteiger partial charge in [-0.2, -0.15) is 0 Å². The van der Waals surface area contributed by atoms with Gasteiger partial charge < -0.3 is 14.3 Å². The van der Waals surface area contributed by atoms with Crippen LogP contribution in [0.15, 0.2) is 0 Å². The van der Waals surface area contributed by atoms with Crippen molar-refractivity contribution in [3.63, 3.8) is 0 Å². The number of hydrogen-bond donors (Lipinski definition) is 1. The van der Waals surface area contributed by atoms with Crippen LogP contribution in [0.1, 0.15) is 0 Å². The lowest BCUT2D eigenvalue weighted by Crippen LogP contribution is -2.23. The molecule has 4 heteroatoms. The summed E-state index contributed by atoms with van der Waals surface area (Å²) in [5, 5.41) is 0. The smallest absolute Gasteiger partial charge is 0.114 e. The highest BCUT2D eigenvalue weighted by Gasteiger charge is 2.07. The molecule has 0 saturated carbocycles. The zero-order valence-electron chi connectivity index (χ0n) is 6.08. The summed E-state index contributed by atoms with van der Waals surface area (Å²) >= 11 is 0. The van der Waals surface area contributed by atoms with Crippen LogP contribution in [-0.4, -0.2) is 26.4 Å². The molecule has 0 fully saturated rings. The van der Waals surface area contributed by atoms with Crippen LogP contribution in [-0.2, 0) is 14.3 Å². The predicted molar refractivity (Wildman–Crippen MR) is 36.5 cm³/mol. The maximum atomic E-state index is 5.03. The Balaban J connectivity index is 3.30. The van der Waals surface area contributed by atoms with Crippen LogP contribution in [0.25, 0.3) is 0 Å². The zero-order chi connectivity index (χ0) is 7.82. The molecule has 1 unspecified atom stereocenters. The topological polar surface area (TPSA) is 53.7 Å². The van der Waals surface area contributed by atoms with Crippen molar-refractivity contribution in [1.82, 2.24) is 0 Å². The quantitative estimate of drug-likeness (QED) is 0.533. The van der Waals surface area contributed by atoms with E-state index in [1.165, 1.54) is 13.7 Å². The summed E-state index contributed by atoms with van der Waals surface area (Å²) in [7, 11) is 1.54. The van der Waals surface area contributed by atoms with E-state index in [1.807, 2.05) is 0 Å². The van der Waals surface area contributed by atoms with E-state index in [2.05, 4.69) is 11.8 Å². The Bertz CT molecular complexity index is 55.7. The summed E-state index contributed by atoms with van der Waals surface area (Å²) in [6.45, 7) is 5.64. The van der Waals surface area contributed by atoms with Crippen molar-refractivity contribution in [2.75, 3.05) is 20.3 Å². The summed E-state index contributed by atoms with van der Waals surface area (Å²) in [5.74, 6) is 4.81. The van der Waals surface area contributed by atoms with Crippen LogP contribution in [0, 0.1) is 13.5 Å². The number of hydrogen-bond acceptors (Lipinski definition) is 4. The maximum absolute atomic E-state index is 5.03. The first kappa shape index (κ1) is 9.84. The SMILES string of the molecule is [CH2]COC([CH]OC)CON. The fraction of sp³-hybridized carbons (Fsp3) is 0.667. The largest absolute Gasteiger partial charge is 0.376 e. The van der Waals surface area contributed by atoms with E-state index in [0.717, 1.165) is 0 Å². The van der Waals surface area contributed by atoms with Gasteiger partial charge in [0.1, 0.15) is 12.7 Å². The molecule has 2 N–H and O–H groups in total. The summed E-state index contributed by atoms with van der Waals surface area (Å²) < 4.78 is 9.72. The van der Waals surface area contributed by atoms with Gasteiger partial charge >= 0.3 is 0 Å².